The summed E-state index contributed by atoms with van der Waals surface area (Å²) in [6.45, 7) is 6.03. The Bertz CT molecular complexity index is 330. The van der Waals surface area contributed by atoms with Gasteiger partial charge in [-0.15, -0.1) is 0 Å². The van der Waals surface area contributed by atoms with E-state index >= 15 is 0 Å². The van der Waals surface area contributed by atoms with Gasteiger partial charge >= 0.3 is 0 Å². The third-order valence-electron chi connectivity index (χ3n) is 2.70. The molecule has 0 aromatic heterocycles. The van der Waals surface area contributed by atoms with E-state index in [1.165, 1.54) is 0 Å². The van der Waals surface area contributed by atoms with E-state index in [9.17, 15) is 0 Å². The first-order valence-electron chi connectivity index (χ1n) is 5.41. The molecular weight excluding hydrogens is 188 g/mol. The van der Waals surface area contributed by atoms with Gasteiger partial charge in [-0.3, -0.25) is 0 Å². The molecular formula is C12H18N2O. The molecule has 2 N–H and O–H groups in total. The Morgan fingerprint density at radius 3 is 2.40 bits per heavy atom. The van der Waals surface area contributed by atoms with Gasteiger partial charge in [0.1, 0.15) is 0 Å². The Hall–Kier alpha value is -1.22. The second-order valence-corrected chi connectivity index (χ2v) is 4.22. The summed E-state index contributed by atoms with van der Waals surface area (Å²) in [6, 6.07) is 8.00. The van der Waals surface area contributed by atoms with E-state index < -0.39 is 0 Å². The molecule has 1 aromatic carbocycles. The third kappa shape index (κ3) is 2.23. The first-order chi connectivity index (χ1) is 7.16. The van der Waals surface area contributed by atoms with Gasteiger partial charge in [-0.2, -0.15) is 0 Å². The highest BCUT2D eigenvalue weighted by Crippen LogP contribution is 2.25. The maximum Gasteiger partial charge on any atom is 0.0726 e. The lowest BCUT2D eigenvalue weighted by molar-refractivity contribution is -0.00517. The van der Waals surface area contributed by atoms with E-state index in [2.05, 4.69) is 24.8 Å². The van der Waals surface area contributed by atoms with E-state index in [-0.39, 0.29) is 12.2 Å². The maximum atomic E-state index is 5.96. The summed E-state index contributed by atoms with van der Waals surface area (Å²) in [5, 5.41) is 0. The average Bonchev–Trinajstić information content (AvgIpc) is 2.16. The molecule has 1 aliphatic rings. The topological polar surface area (TPSA) is 38.5 Å². The summed E-state index contributed by atoms with van der Waals surface area (Å²) in [6.07, 6.45) is 0.543. The number of rotatable bonds is 1. The molecule has 3 nitrogen and oxygen atoms in total. The number of anilines is 2. The Morgan fingerprint density at radius 1 is 1.20 bits per heavy atom. The van der Waals surface area contributed by atoms with Gasteiger partial charge < -0.3 is 15.4 Å². The van der Waals surface area contributed by atoms with Crippen molar-refractivity contribution in [2.45, 2.75) is 26.1 Å². The number of hydrogen-bond acceptors (Lipinski definition) is 3. The van der Waals surface area contributed by atoms with Crippen LogP contribution in [-0.2, 0) is 4.74 Å². The fourth-order valence-electron chi connectivity index (χ4n) is 2.15. The molecule has 2 atom stereocenters. The number of ether oxygens (including phenoxy) is 1. The Kier molecular flexibility index (Phi) is 2.82. The number of nitrogens with zero attached hydrogens (tertiary/aromatic N) is 1. The lowest BCUT2D eigenvalue weighted by Gasteiger charge is -2.37. The molecule has 0 saturated carbocycles. The van der Waals surface area contributed by atoms with Crippen molar-refractivity contribution < 1.29 is 4.74 Å². The predicted octanol–water partition coefficient (Wildman–Crippen LogP) is 1.88. The monoisotopic (exact) mass is 206 g/mol. The van der Waals surface area contributed by atoms with Crippen molar-refractivity contribution in [2.75, 3.05) is 23.7 Å². The van der Waals surface area contributed by atoms with Crippen LogP contribution in [0.4, 0.5) is 11.4 Å². The smallest absolute Gasteiger partial charge is 0.0726 e. The summed E-state index contributed by atoms with van der Waals surface area (Å²) >= 11 is 0. The van der Waals surface area contributed by atoms with Gasteiger partial charge in [-0.1, -0.05) is 12.1 Å². The minimum absolute atomic E-state index is 0.272. The molecule has 1 saturated heterocycles. The summed E-state index contributed by atoms with van der Waals surface area (Å²) in [5.41, 5.74) is 7.93. The molecule has 1 aliphatic heterocycles. The van der Waals surface area contributed by atoms with Gasteiger partial charge in [0.15, 0.2) is 0 Å². The number of hydrogen-bond donors (Lipinski definition) is 1. The summed E-state index contributed by atoms with van der Waals surface area (Å²) < 4.78 is 5.70. The van der Waals surface area contributed by atoms with E-state index in [0.717, 1.165) is 24.5 Å². The summed E-state index contributed by atoms with van der Waals surface area (Å²) in [7, 11) is 0. The predicted molar refractivity (Wildman–Crippen MR) is 63.1 cm³/mol. The van der Waals surface area contributed by atoms with E-state index in [4.69, 9.17) is 10.5 Å². The van der Waals surface area contributed by atoms with Gasteiger partial charge in [0.05, 0.1) is 23.6 Å². The van der Waals surface area contributed by atoms with Crippen molar-refractivity contribution >= 4 is 11.4 Å². The SMILES string of the molecule is C[C@H]1CN(c2ccccc2N)C[C@H](C)O1. The quantitative estimate of drug-likeness (QED) is 0.713. The lowest BCUT2D eigenvalue weighted by Crippen LogP contribution is -2.45. The number of para-hydroxylation sites is 2. The van der Waals surface area contributed by atoms with Crippen LogP contribution in [-0.4, -0.2) is 25.3 Å². The van der Waals surface area contributed by atoms with Crippen LogP contribution in [0.15, 0.2) is 24.3 Å². The fourth-order valence-corrected chi connectivity index (χ4v) is 2.15. The fraction of sp³-hybridized carbons (Fsp3) is 0.500. The molecule has 0 spiro atoms. The second kappa shape index (κ2) is 4.11. The summed E-state index contributed by atoms with van der Waals surface area (Å²) in [5.74, 6) is 0. The van der Waals surface area contributed by atoms with Crippen molar-refractivity contribution in [2.24, 2.45) is 0 Å². The zero-order chi connectivity index (χ0) is 10.8. The van der Waals surface area contributed by atoms with E-state index in [1.54, 1.807) is 0 Å². The molecule has 0 unspecified atom stereocenters. The molecule has 0 amide bonds. The highest BCUT2D eigenvalue weighted by molar-refractivity contribution is 5.67. The van der Waals surface area contributed by atoms with Gasteiger partial charge in [-0.05, 0) is 26.0 Å². The molecule has 0 bridgehead atoms. The third-order valence-corrected chi connectivity index (χ3v) is 2.70. The van der Waals surface area contributed by atoms with Crippen LogP contribution in [0.1, 0.15) is 13.8 Å². The Labute approximate surface area is 90.8 Å². The van der Waals surface area contributed by atoms with Crippen LogP contribution >= 0.6 is 0 Å². The number of nitrogen functional groups attached to an aromatic ring is 1. The van der Waals surface area contributed by atoms with Crippen LogP contribution < -0.4 is 10.6 Å². The summed E-state index contributed by atoms with van der Waals surface area (Å²) in [4.78, 5) is 2.30. The molecule has 1 fully saturated rings. The van der Waals surface area contributed by atoms with E-state index in [1.807, 2.05) is 18.2 Å². The van der Waals surface area contributed by atoms with Crippen molar-refractivity contribution in [1.82, 2.24) is 0 Å². The highest BCUT2D eigenvalue weighted by atomic mass is 16.5. The van der Waals surface area contributed by atoms with Crippen LogP contribution in [0.3, 0.4) is 0 Å². The molecule has 15 heavy (non-hydrogen) atoms. The van der Waals surface area contributed by atoms with Crippen molar-refractivity contribution in [3.05, 3.63) is 24.3 Å². The minimum atomic E-state index is 0.272. The number of benzene rings is 1. The first-order valence-corrected chi connectivity index (χ1v) is 5.41. The van der Waals surface area contributed by atoms with Crippen LogP contribution in [0, 0.1) is 0 Å². The minimum Gasteiger partial charge on any atom is -0.397 e. The molecule has 3 heteroatoms. The van der Waals surface area contributed by atoms with Crippen molar-refractivity contribution in [3.63, 3.8) is 0 Å². The van der Waals surface area contributed by atoms with Crippen LogP contribution in [0.5, 0.6) is 0 Å². The normalized spacial score (nSPS) is 26.7. The average molecular weight is 206 g/mol. The van der Waals surface area contributed by atoms with Crippen LogP contribution in [0.25, 0.3) is 0 Å². The van der Waals surface area contributed by atoms with Gasteiger partial charge in [-0.25, -0.2) is 0 Å². The Morgan fingerprint density at radius 2 is 1.80 bits per heavy atom. The molecule has 1 aromatic rings. The van der Waals surface area contributed by atoms with Gasteiger partial charge in [0, 0.05) is 13.1 Å². The molecule has 82 valence electrons. The molecule has 2 rings (SSSR count). The molecule has 0 aliphatic carbocycles. The molecule has 0 radical (unpaired) electrons. The Balaban J connectivity index is 2.20. The van der Waals surface area contributed by atoms with Gasteiger partial charge in [0.2, 0.25) is 0 Å². The lowest BCUT2D eigenvalue weighted by atomic mass is 10.2. The van der Waals surface area contributed by atoms with Crippen LogP contribution in [0.2, 0.25) is 0 Å². The second-order valence-electron chi connectivity index (χ2n) is 4.22. The van der Waals surface area contributed by atoms with E-state index in [0.29, 0.717) is 0 Å². The van der Waals surface area contributed by atoms with Crippen molar-refractivity contribution in [1.29, 1.82) is 0 Å². The highest BCUT2D eigenvalue weighted by Gasteiger charge is 2.23. The standard InChI is InChI=1S/C12H18N2O/c1-9-7-14(8-10(2)15-9)12-6-4-3-5-11(12)13/h3-6,9-10H,7-8,13H2,1-2H3/t9-,10-/m0/s1. The number of nitrogens with two attached hydrogens (primary N) is 1. The van der Waals surface area contributed by atoms with Gasteiger partial charge in [0.25, 0.3) is 0 Å². The number of morpholine rings is 1. The van der Waals surface area contributed by atoms with Crippen molar-refractivity contribution in [3.8, 4) is 0 Å². The maximum absolute atomic E-state index is 5.96. The first kappa shape index (κ1) is 10.3. The zero-order valence-electron chi connectivity index (χ0n) is 9.31. The largest absolute Gasteiger partial charge is 0.397 e. The molecule has 1 heterocycles. The zero-order valence-corrected chi connectivity index (χ0v) is 9.31.